The monoisotopic (exact) mass is 337 g/mol. The van der Waals surface area contributed by atoms with Gasteiger partial charge in [-0.15, -0.1) is 0 Å². The molecule has 0 radical (unpaired) electrons. The van der Waals surface area contributed by atoms with E-state index in [1.165, 1.54) is 45.3 Å². The molecule has 2 aliphatic heterocycles. The summed E-state index contributed by atoms with van der Waals surface area (Å²) in [5.41, 5.74) is 0. The molecule has 2 heterocycles. The van der Waals surface area contributed by atoms with Crippen LogP contribution < -0.4 is 5.32 Å². The zero-order valence-electron chi connectivity index (χ0n) is 15.8. The molecule has 0 aliphatic carbocycles. The third-order valence-electron chi connectivity index (χ3n) is 4.95. The largest absolute Gasteiger partial charge is 0.356 e. The Kier molecular flexibility index (Phi) is 7.82. The first-order chi connectivity index (χ1) is 11.6. The minimum Gasteiger partial charge on any atom is -0.356 e. The maximum absolute atomic E-state index is 11.8. The topological polar surface area (TPSA) is 51.2 Å². The van der Waals surface area contributed by atoms with E-state index < -0.39 is 0 Å². The number of hydrogen-bond donors (Lipinski definition) is 1. The van der Waals surface area contributed by atoms with Crippen molar-refractivity contribution in [1.29, 1.82) is 0 Å². The molecule has 0 spiro atoms. The van der Waals surface area contributed by atoms with Crippen LogP contribution in [-0.4, -0.2) is 86.5 Å². The molecule has 24 heavy (non-hydrogen) atoms. The van der Waals surface area contributed by atoms with Gasteiger partial charge in [-0.25, -0.2) is 4.99 Å². The highest BCUT2D eigenvalue weighted by Gasteiger charge is 2.27. The third kappa shape index (κ3) is 5.96. The van der Waals surface area contributed by atoms with Crippen LogP contribution >= 0.6 is 0 Å². The molecule has 0 aromatic heterocycles. The predicted octanol–water partition coefficient (Wildman–Crippen LogP) is 1.24. The van der Waals surface area contributed by atoms with Crippen LogP contribution in [0.1, 0.15) is 39.0 Å². The van der Waals surface area contributed by atoms with Crippen molar-refractivity contribution in [2.24, 2.45) is 10.9 Å². The lowest BCUT2D eigenvalue weighted by molar-refractivity contribution is -0.127. The minimum absolute atomic E-state index is 0.0508. The molecule has 0 aromatic carbocycles. The zero-order valence-corrected chi connectivity index (χ0v) is 15.8. The standard InChI is InChI=1S/C18H35N5O/c1-4-9-19-18(20-13-17(24)21(2)3)23-12-8-16(15-23)14-22-10-6-5-7-11-22/h16H,4-15H2,1-3H3,(H,19,20). The fourth-order valence-electron chi connectivity index (χ4n) is 3.47. The SMILES string of the molecule is CCCNC(=NCC(=O)N(C)C)N1CCC(CN2CCCCC2)C1. The van der Waals surface area contributed by atoms with E-state index in [-0.39, 0.29) is 12.5 Å². The first-order valence-electron chi connectivity index (χ1n) is 9.56. The van der Waals surface area contributed by atoms with Crippen molar-refractivity contribution >= 4 is 11.9 Å². The van der Waals surface area contributed by atoms with E-state index in [2.05, 4.69) is 27.0 Å². The summed E-state index contributed by atoms with van der Waals surface area (Å²) in [4.78, 5) is 23.0. The Balaban J connectivity index is 1.87. The lowest BCUT2D eigenvalue weighted by Crippen LogP contribution is -2.42. The number of piperidine rings is 1. The van der Waals surface area contributed by atoms with Crippen LogP contribution in [0.5, 0.6) is 0 Å². The maximum atomic E-state index is 11.8. The van der Waals surface area contributed by atoms with E-state index in [0.29, 0.717) is 0 Å². The van der Waals surface area contributed by atoms with Crippen LogP contribution in [0.15, 0.2) is 4.99 Å². The Morgan fingerprint density at radius 3 is 2.62 bits per heavy atom. The van der Waals surface area contributed by atoms with Crippen LogP contribution in [-0.2, 0) is 4.79 Å². The summed E-state index contributed by atoms with van der Waals surface area (Å²) in [5, 5.41) is 3.42. The van der Waals surface area contributed by atoms with E-state index in [4.69, 9.17) is 0 Å². The summed E-state index contributed by atoms with van der Waals surface area (Å²) in [7, 11) is 3.56. The zero-order chi connectivity index (χ0) is 17.4. The first kappa shape index (κ1) is 19.0. The molecule has 2 saturated heterocycles. The predicted molar refractivity (Wildman–Crippen MR) is 99.3 cm³/mol. The average Bonchev–Trinajstić information content (AvgIpc) is 3.03. The Morgan fingerprint density at radius 1 is 1.21 bits per heavy atom. The molecule has 2 rings (SSSR count). The molecular formula is C18H35N5O. The number of hydrogen-bond acceptors (Lipinski definition) is 3. The second kappa shape index (κ2) is 9.87. The van der Waals surface area contributed by atoms with Gasteiger partial charge in [0.05, 0.1) is 0 Å². The highest BCUT2D eigenvalue weighted by molar-refractivity contribution is 5.85. The third-order valence-corrected chi connectivity index (χ3v) is 4.95. The van der Waals surface area contributed by atoms with E-state index in [1.807, 2.05) is 0 Å². The average molecular weight is 338 g/mol. The molecule has 138 valence electrons. The summed E-state index contributed by atoms with van der Waals surface area (Å²) in [6.07, 6.45) is 6.39. The number of carbonyl (C=O) groups excluding carboxylic acids is 1. The number of nitrogens with one attached hydrogen (secondary N) is 1. The minimum atomic E-state index is 0.0508. The van der Waals surface area contributed by atoms with Crippen molar-refractivity contribution in [1.82, 2.24) is 20.0 Å². The summed E-state index contributed by atoms with van der Waals surface area (Å²) < 4.78 is 0. The van der Waals surface area contributed by atoms with Crippen LogP contribution in [0.25, 0.3) is 0 Å². The van der Waals surface area contributed by atoms with E-state index >= 15 is 0 Å². The number of carbonyl (C=O) groups is 1. The van der Waals surface area contributed by atoms with Gasteiger partial charge in [-0.2, -0.15) is 0 Å². The van der Waals surface area contributed by atoms with Crippen LogP contribution in [0.3, 0.4) is 0 Å². The van der Waals surface area contributed by atoms with Crippen LogP contribution in [0.2, 0.25) is 0 Å². The van der Waals surface area contributed by atoms with Crippen molar-refractivity contribution in [3.63, 3.8) is 0 Å². The second-order valence-corrected chi connectivity index (χ2v) is 7.32. The number of likely N-dealkylation sites (N-methyl/N-ethyl adjacent to an activating group) is 1. The number of guanidine groups is 1. The molecular weight excluding hydrogens is 302 g/mol. The summed E-state index contributed by atoms with van der Waals surface area (Å²) in [6, 6.07) is 0. The van der Waals surface area contributed by atoms with Crippen molar-refractivity contribution in [2.45, 2.75) is 39.0 Å². The lowest BCUT2D eigenvalue weighted by atomic mass is 10.1. The lowest BCUT2D eigenvalue weighted by Gasteiger charge is -2.29. The smallest absolute Gasteiger partial charge is 0.243 e. The molecule has 1 unspecified atom stereocenters. The fraction of sp³-hybridized carbons (Fsp3) is 0.889. The number of rotatable bonds is 6. The van der Waals surface area contributed by atoms with Gasteiger partial charge in [0, 0.05) is 40.3 Å². The fourth-order valence-corrected chi connectivity index (χ4v) is 3.47. The number of nitrogens with zero attached hydrogens (tertiary/aromatic N) is 4. The molecule has 2 aliphatic rings. The highest BCUT2D eigenvalue weighted by Crippen LogP contribution is 2.19. The number of aliphatic imine (C=N–C) groups is 1. The van der Waals surface area contributed by atoms with Gasteiger partial charge in [0.2, 0.25) is 5.91 Å². The molecule has 6 heteroatoms. The highest BCUT2D eigenvalue weighted by atomic mass is 16.2. The van der Waals surface area contributed by atoms with Gasteiger partial charge in [-0.3, -0.25) is 4.79 Å². The number of amides is 1. The maximum Gasteiger partial charge on any atom is 0.243 e. The molecule has 0 aromatic rings. The van der Waals surface area contributed by atoms with E-state index in [1.54, 1.807) is 19.0 Å². The van der Waals surface area contributed by atoms with Crippen LogP contribution in [0.4, 0.5) is 0 Å². The van der Waals surface area contributed by atoms with Gasteiger partial charge in [-0.05, 0) is 44.7 Å². The van der Waals surface area contributed by atoms with Gasteiger partial charge in [0.15, 0.2) is 5.96 Å². The van der Waals surface area contributed by atoms with Gasteiger partial charge >= 0.3 is 0 Å². The quantitative estimate of drug-likeness (QED) is 0.585. The molecule has 6 nitrogen and oxygen atoms in total. The Morgan fingerprint density at radius 2 is 1.96 bits per heavy atom. The Labute approximate surface area is 147 Å². The van der Waals surface area contributed by atoms with E-state index in [0.717, 1.165) is 37.9 Å². The molecule has 1 amide bonds. The molecule has 2 fully saturated rings. The normalized spacial score (nSPS) is 22.7. The van der Waals surface area contributed by atoms with E-state index in [9.17, 15) is 4.79 Å². The summed E-state index contributed by atoms with van der Waals surface area (Å²) in [6.45, 7) is 9.14. The van der Waals surface area contributed by atoms with Gasteiger partial charge in [-0.1, -0.05) is 13.3 Å². The Bertz CT molecular complexity index is 418. The molecule has 0 saturated carbocycles. The molecule has 1 atom stereocenters. The summed E-state index contributed by atoms with van der Waals surface area (Å²) >= 11 is 0. The second-order valence-electron chi connectivity index (χ2n) is 7.32. The Hall–Kier alpha value is -1.30. The van der Waals surface area contributed by atoms with Crippen molar-refractivity contribution < 1.29 is 4.79 Å². The van der Waals surface area contributed by atoms with Gasteiger partial charge < -0.3 is 20.0 Å². The number of likely N-dealkylation sites (tertiary alicyclic amines) is 2. The van der Waals surface area contributed by atoms with Crippen molar-refractivity contribution in [2.75, 3.05) is 59.9 Å². The van der Waals surface area contributed by atoms with Crippen molar-refractivity contribution in [3.8, 4) is 0 Å². The molecule has 1 N–H and O–H groups in total. The van der Waals surface area contributed by atoms with Crippen LogP contribution in [0, 0.1) is 5.92 Å². The first-order valence-corrected chi connectivity index (χ1v) is 9.56. The van der Waals surface area contributed by atoms with Gasteiger partial charge in [0.1, 0.15) is 6.54 Å². The molecule has 0 bridgehead atoms. The van der Waals surface area contributed by atoms with Gasteiger partial charge in [0.25, 0.3) is 0 Å². The van der Waals surface area contributed by atoms with Crippen molar-refractivity contribution in [3.05, 3.63) is 0 Å². The summed E-state index contributed by atoms with van der Waals surface area (Å²) in [5.74, 6) is 1.68.